The minimum absolute atomic E-state index is 0.0201. The fourth-order valence-corrected chi connectivity index (χ4v) is 2.98. The Labute approximate surface area is 154 Å². The van der Waals surface area contributed by atoms with Crippen molar-refractivity contribution in [1.82, 2.24) is 14.7 Å². The van der Waals surface area contributed by atoms with Crippen LogP contribution in [0, 0.1) is 0 Å². The molecule has 2 aromatic rings. The van der Waals surface area contributed by atoms with Gasteiger partial charge in [0.05, 0.1) is 11.8 Å². The summed E-state index contributed by atoms with van der Waals surface area (Å²) in [6, 6.07) is 7.41. The summed E-state index contributed by atoms with van der Waals surface area (Å²) in [5.74, 6) is 0. The van der Waals surface area contributed by atoms with Crippen molar-refractivity contribution in [3.63, 3.8) is 0 Å². The molecule has 1 atom stereocenters. The zero-order valence-corrected chi connectivity index (χ0v) is 15.1. The summed E-state index contributed by atoms with van der Waals surface area (Å²) in [6.45, 7) is 3.68. The molecule has 1 aromatic carbocycles. The van der Waals surface area contributed by atoms with Crippen molar-refractivity contribution in [2.75, 3.05) is 25.0 Å². The SMILES string of the molecule is C[C@H]1CN(C(=O)Nc2ccc(-c3cc(C(F)(F)F)nn3C)cc2)CCCO1. The van der Waals surface area contributed by atoms with Crippen LogP contribution in [-0.4, -0.2) is 46.5 Å². The first-order chi connectivity index (χ1) is 12.7. The molecule has 9 heteroatoms. The molecular formula is C18H21F3N4O2. The number of aryl methyl sites for hydroxylation is 1. The lowest BCUT2D eigenvalue weighted by Gasteiger charge is -2.22. The Kier molecular flexibility index (Phi) is 5.41. The fourth-order valence-electron chi connectivity index (χ4n) is 2.98. The van der Waals surface area contributed by atoms with Gasteiger partial charge in [0.2, 0.25) is 0 Å². The Morgan fingerprint density at radius 1 is 1.30 bits per heavy atom. The lowest BCUT2D eigenvalue weighted by Crippen LogP contribution is -2.38. The van der Waals surface area contributed by atoms with Crippen molar-refractivity contribution < 1.29 is 22.7 Å². The third-order valence-corrected chi connectivity index (χ3v) is 4.34. The van der Waals surface area contributed by atoms with Crippen LogP contribution in [0.15, 0.2) is 30.3 Å². The van der Waals surface area contributed by atoms with Crippen molar-refractivity contribution in [3.8, 4) is 11.3 Å². The van der Waals surface area contributed by atoms with Gasteiger partial charge >= 0.3 is 12.2 Å². The van der Waals surface area contributed by atoms with Crippen LogP contribution in [0.1, 0.15) is 19.0 Å². The van der Waals surface area contributed by atoms with Crippen LogP contribution in [-0.2, 0) is 18.0 Å². The van der Waals surface area contributed by atoms with Crippen LogP contribution >= 0.6 is 0 Å². The Hall–Kier alpha value is -2.55. The number of hydrogen-bond acceptors (Lipinski definition) is 3. The molecule has 1 aliphatic rings. The van der Waals surface area contributed by atoms with Gasteiger partial charge in [-0.1, -0.05) is 12.1 Å². The second-order valence-electron chi connectivity index (χ2n) is 6.52. The maximum Gasteiger partial charge on any atom is 0.435 e. The van der Waals surface area contributed by atoms with Gasteiger partial charge in [0.25, 0.3) is 0 Å². The quantitative estimate of drug-likeness (QED) is 0.861. The number of urea groups is 1. The molecule has 0 aliphatic carbocycles. The highest BCUT2D eigenvalue weighted by molar-refractivity contribution is 5.89. The summed E-state index contributed by atoms with van der Waals surface area (Å²) in [5, 5.41) is 6.32. The van der Waals surface area contributed by atoms with Crippen molar-refractivity contribution in [2.24, 2.45) is 7.05 Å². The summed E-state index contributed by atoms with van der Waals surface area (Å²) < 4.78 is 45.1. The van der Waals surface area contributed by atoms with Crippen molar-refractivity contribution in [3.05, 3.63) is 36.0 Å². The molecule has 6 nitrogen and oxygen atoms in total. The first-order valence-corrected chi connectivity index (χ1v) is 8.63. The zero-order chi connectivity index (χ0) is 19.6. The molecule has 0 spiro atoms. The van der Waals surface area contributed by atoms with Gasteiger partial charge in [0, 0.05) is 32.4 Å². The van der Waals surface area contributed by atoms with Crippen LogP contribution in [0.25, 0.3) is 11.3 Å². The number of amides is 2. The largest absolute Gasteiger partial charge is 0.435 e. The maximum atomic E-state index is 12.8. The molecule has 1 aromatic heterocycles. The first kappa shape index (κ1) is 19.2. The van der Waals surface area contributed by atoms with E-state index in [9.17, 15) is 18.0 Å². The van der Waals surface area contributed by atoms with Crippen LogP contribution < -0.4 is 5.32 Å². The monoisotopic (exact) mass is 382 g/mol. The van der Waals surface area contributed by atoms with E-state index in [-0.39, 0.29) is 12.1 Å². The van der Waals surface area contributed by atoms with E-state index in [4.69, 9.17) is 4.74 Å². The van der Waals surface area contributed by atoms with Crippen molar-refractivity contribution in [2.45, 2.75) is 25.6 Å². The van der Waals surface area contributed by atoms with Gasteiger partial charge in [0.15, 0.2) is 5.69 Å². The second-order valence-corrected chi connectivity index (χ2v) is 6.52. The minimum atomic E-state index is -4.49. The summed E-state index contributed by atoms with van der Waals surface area (Å²) >= 11 is 0. The predicted octanol–water partition coefficient (Wildman–Crippen LogP) is 3.75. The molecular weight excluding hydrogens is 361 g/mol. The second kappa shape index (κ2) is 7.59. The fraction of sp³-hybridized carbons (Fsp3) is 0.444. The van der Waals surface area contributed by atoms with Crippen LogP contribution in [0.5, 0.6) is 0 Å². The Balaban J connectivity index is 1.70. The average Bonchev–Trinajstić information content (AvgIpc) is 2.87. The number of ether oxygens (including phenoxy) is 1. The van der Waals surface area contributed by atoms with Crippen LogP contribution in [0.4, 0.5) is 23.7 Å². The van der Waals surface area contributed by atoms with E-state index in [1.54, 1.807) is 29.2 Å². The van der Waals surface area contributed by atoms with Crippen molar-refractivity contribution >= 4 is 11.7 Å². The third kappa shape index (κ3) is 4.60. The minimum Gasteiger partial charge on any atom is -0.377 e. The molecule has 1 saturated heterocycles. The summed E-state index contributed by atoms with van der Waals surface area (Å²) in [6.07, 6.45) is -3.73. The van der Waals surface area contributed by atoms with E-state index in [0.717, 1.165) is 12.5 Å². The van der Waals surface area contributed by atoms with E-state index in [1.165, 1.54) is 11.7 Å². The molecule has 2 amide bonds. The summed E-state index contributed by atoms with van der Waals surface area (Å²) in [4.78, 5) is 14.1. The number of carbonyl (C=O) groups is 1. The highest BCUT2D eigenvalue weighted by atomic mass is 19.4. The average molecular weight is 382 g/mol. The zero-order valence-electron chi connectivity index (χ0n) is 15.1. The van der Waals surface area contributed by atoms with Crippen LogP contribution in [0.3, 0.4) is 0 Å². The normalized spacial score (nSPS) is 18.3. The Morgan fingerprint density at radius 2 is 2.00 bits per heavy atom. The highest BCUT2D eigenvalue weighted by Gasteiger charge is 2.34. The number of nitrogens with one attached hydrogen (secondary N) is 1. The molecule has 2 heterocycles. The smallest absolute Gasteiger partial charge is 0.377 e. The van der Waals surface area contributed by atoms with Gasteiger partial charge in [-0.05, 0) is 37.1 Å². The topological polar surface area (TPSA) is 59.4 Å². The third-order valence-electron chi connectivity index (χ3n) is 4.34. The lowest BCUT2D eigenvalue weighted by atomic mass is 10.1. The van der Waals surface area contributed by atoms with E-state index in [2.05, 4.69) is 10.4 Å². The standard InChI is InChI=1S/C18H21F3N4O2/c1-12-11-25(8-3-9-27-12)17(26)22-14-6-4-13(5-7-14)15-10-16(18(19,20)21)23-24(15)2/h4-7,10,12H,3,8-9,11H2,1-2H3,(H,22,26)/t12-/m0/s1. The molecule has 1 fully saturated rings. The van der Waals surface area contributed by atoms with E-state index >= 15 is 0 Å². The number of anilines is 1. The summed E-state index contributed by atoms with van der Waals surface area (Å²) in [7, 11) is 1.46. The molecule has 1 aliphatic heterocycles. The predicted molar refractivity (Wildman–Crippen MR) is 94.3 cm³/mol. The molecule has 1 N–H and O–H groups in total. The van der Waals surface area contributed by atoms with Gasteiger partial charge in [-0.2, -0.15) is 18.3 Å². The summed E-state index contributed by atoms with van der Waals surface area (Å²) in [5.41, 5.74) is 0.559. The van der Waals surface area contributed by atoms with Crippen LogP contribution in [0.2, 0.25) is 0 Å². The van der Waals surface area contributed by atoms with Gasteiger partial charge in [-0.25, -0.2) is 4.79 Å². The number of nitrogens with zero attached hydrogens (tertiary/aromatic N) is 3. The first-order valence-electron chi connectivity index (χ1n) is 8.63. The lowest BCUT2D eigenvalue weighted by molar-refractivity contribution is -0.141. The number of benzene rings is 1. The maximum absolute atomic E-state index is 12.8. The number of hydrogen-bond donors (Lipinski definition) is 1. The highest BCUT2D eigenvalue weighted by Crippen LogP contribution is 2.31. The van der Waals surface area contributed by atoms with E-state index in [1.807, 2.05) is 6.92 Å². The van der Waals surface area contributed by atoms with Gasteiger partial charge < -0.3 is 15.0 Å². The van der Waals surface area contributed by atoms with Gasteiger partial charge in [0.1, 0.15) is 0 Å². The number of carbonyl (C=O) groups excluding carboxylic acids is 1. The molecule has 0 unspecified atom stereocenters. The van der Waals surface area contributed by atoms with Crippen molar-refractivity contribution in [1.29, 1.82) is 0 Å². The molecule has 0 saturated carbocycles. The molecule has 0 radical (unpaired) electrons. The molecule has 0 bridgehead atoms. The number of rotatable bonds is 2. The molecule has 146 valence electrons. The van der Waals surface area contributed by atoms with E-state index in [0.29, 0.717) is 36.6 Å². The molecule has 3 rings (SSSR count). The Morgan fingerprint density at radius 3 is 2.63 bits per heavy atom. The van der Waals surface area contributed by atoms with E-state index < -0.39 is 11.9 Å². The molecule has 27 heavy (non-hydrogen) atoms. The number of aromatic nitrogens is 2. The van der Waals surface area contributed by atoms with Gasteiger partial charge in [-0.3, -0.25) is 4.68 Å². The Bertz CT molecular complexity index is 802. The number of alkyl halides is 3. The van der Waals surface area contributed by atoms with Gasteiger partial charge in [-0.15, -0.1) is 0 Å². The number of halogens is 3.